The Hall–Kier alpha value is -2.29. The average Bonchev–Trinajstić information content (AvgIpc) is 2.54. The highest BCUT2D eigenvalue weighted by molar-refractivity contribution is 5.99. The predicted molar refractivity (Wildman–Crippen MR) is 86.6 cm³/mol. The topological polar surface area (TPSA) is 32.3 Å². The van der Waals surface area contributed by atoms with Crippen molar-refractivity contribution in [1.29, 1.82) is 0 Å². The molecule has 1 atom stereocenters. The van der Waals surface area contributed by atoms with Gasteiger partial charge in [-0.3, -0.25) is 4.79 Å². The van der Waals surface area contributed by atoms with Crippen LogP contribution in [0.3, 0.4) is 0 Å². The number of fused-ring (bicyclic) bond motifs is 1. The second-order valence-electron chi connectivity index (χ2n) is 5.45. The smallest absolute Gasteiger partial charge is 0.249 e. The number of hydrogen-bond donors (Lipinski definition) is 1. The van der Waals surface area contributed by atoms with E-state index in [2.05, 4.69) is 11.4 Å². The Morgan fingerprint density at radius 2 is 1.81 bits per heavy atom. The van der Waals surface area contributed by atoms with Gasteiger partial charge >= 0.3 is 0 Å². The number of benzene rings is 2. The molecule has 2 aromatic rings. The molecule has 1 amide bonds. The van der Waals surface area contributed by atoms with Gasteiger partial charge in [-0.15, -0.1) is 0 Å². The van der Waals surface area contributed by atoms with Crippen molar-refractivity contribution in [2.24, 2.45) is 0 Å². The molecule has 21 heavy (non-hydrogen) atoms. The van der Waals surface area contributed by atoms with Gasteiger partial charge in [-0.05, 0) is 43.5 Å². The predicted octanol–water partition coefficient (Wildman–Crippen LogP) is 3.47. The van der Waals surface area contributed by atoms with E-state index in [0.29, 0.717) is 0 Å². The van der Waals surface area contributed by atoms with Gasteiger partial charge in [0.1, 0.15) is 6.04 Å². The molecule has 1 aliphatic heterocycles. The molecule has 0 aromatic heterocycles. The van der Waals surface area contributed by atoms with Crippen molar-refractivity contribution >= 4 is 17.3 Å². The highest BCUT2D eigenvalue weighted by atomic mass is 16.2. The molecule has 0 saturated heterocycles. The number of rotatable bonds is 3. The molecule has 0 spiro atoms. The molecule has 0 bridgehead atoms. The fourth-order valence-electron chi connectivity index (χ4n) is 2.84. The molecule has 3 nitrogen and oxygen atoms in total. The van der Waals surface area contributed by atoms with Crippen molar-refractivity contribution in [1.82, 2.24) is 0 Å². The number of carbonyl (C=O) groups is 1. The molecule has 0 unspecified atom stereocenters. The zero-order valence-electron chi connectivity index (χ0n) is 12.3. The van der Waals surface area contributed by atoms with E-state index < -0.39 is 0 Å². The van der Waals surface area contributed by atoms with Gasteiger partial charge in [0.25, 0.3) is 0 Å². The van der Waals surface area contributed by atoms with Crippen molar-refractivity contribution in [3.8, 4) is 0 Å². The van der Waals surface area contributed by atoms with Gasteiger partial charge in [-0.25, -0.2) is 0 Å². The largest absolute Gasteiger partial charge is 0.374 e. The van der Waals surface area contributed by atoms with Crippen LogP contribution in [0.2, 0.25) is 0 Å². The molecule has 3 heteroatoms. The molecule has 1 aliphatic rings. The van der Waals surface area contributed by atoms with Crippen LogP contribution in [-0.4, -0.2) is 18.5 Å². The number of nitrogens with one attached hydrogen (secondary N) is 1. The van der Waals surface area contributed by atoms with E-state index >= 15 is 0 Å². The van der Waals surface area contributed by atoms with Crippen LogP contribution in [-0.2, 0) is 11.2 Å². The normalized spacial score (nSPS) is 15.2. The van der Waals surface area contributed by atoms with Crippen molar-refractivity contribution in [2.45, 2.75) is 25.8 Å². The summed E-state index contributed by atoms with van der Waals surface area (Å²) in [5.41, 5.74) is 3.31. The number of hydrogen-bond acceptors (Lipinski definition) is 2. The van der Waals surface area contributed by atoms with Crippen LogP contribution >= 0.6 is 0 Å². The third kappa shape index (κ3) is 2.92. The molecule has 1 heterocycles. The molecule has 2 aromatic carbocycles. The third-order valence-electron chi connectivity index (χ3n) is 3.90. The van der Waals surface area contributed by atoms with Gasteiger partial charge in [-0.1, -0.05) is 36.4 Å². The number of aryl methyl sites for hydroxylation is 1. The molecule has 0 aliphatic carbocycles. The molecular formula is C18H20N2O. The second kappa shape index (κ2) is 6.00. The van der Waals surface area contributed by atoms with E-state index in [-0.39, 0.29) is 11.9 Å². The number of para-hydroxylation sites is 2. The third-order valence-corrected chi connectivity index (χ3v) is 3.90. The maximum atomic E-state index is 12.7. The van der Waals surface area contributed by atoms with Gasteiger partial charge in [0.15, 0.2) is 0 Å². The first kappa shape index (κ1) is 13.7. The second-order valence-corrected chi connectivity index (χ2v) is 5.45. The molecule has 108 valence electrons. The molecule has 0 fully saturated rings. The summed E-state index contributed by atoms with van der Waals surface area (Å²) in [6, 6.07) is 17.8. The zero-order chi connectivity index (χ0) is 14.7. The summed E-state index contributed by atoms with van der Waals surface area (Å²) in [4.78, 5) is 14.6. The number of nitrogens with zero attached hydrogens (tertiary/aromatic N) is 1. The minimum Gasteiger partial charge on any atom is -0.374 e. The Labute approximate surface area is 125 Å². The fourth-order valence-corrected chi connectivity index (χ4v) is 2.84. The SMILES string of the molecule is C[C@H](Nc1ccccc1)C(=O)N1CCCc2ccccc21. The van der Waals surface area contributed by atoms with Crippen LogP contribution in [0.15, 0.2) is 54.6 Å². The van der Waals surface area contributed by atoms with Crippen molar-refractivity contribution < 1.29 is 4.79 Å². The Kier molecular flexibility index (Phi) is 3.91. The summed E-state index contributed by atoms with van der Waals surface area (Å²) in [5.74, 6) is 0.131. The van der Waals surface area contributed by atoms with E-state index in [0.717, 1.165) is 30.8 Å². The molecule has 1 N–H and O–H groups in total. The van der Waals surface area contributed by atoms with E-state index in [1.165, 1.54) is 5.56 Å². The summed E-state index contributed by atoms with van der Waals surface area (Å²) in [7, 11) is 0. The summed E-state index contributed by atoms with van der Waals surface area (Å²) in [6.07, 6.45) is 2.08. The van der Waals surface area contributed by atoms with Crippen molar-refractivity contribution in [3.05, 3.63) is 60.2 Å². The van der Waals surface area contributed by atoms with Crippen LogP contribution in [0.1, 0.15) is 18.9 Å². The quantitative estimate of drug-likeness (QED) is 0.933. The monoisotopic (exact) mass is 280 g/mol. The van der Waals surface area contributed by atoms with Gasteiger partial charge in [0.05, 0.1) is 0 Å². The van der Waals surface area contributed by atoms with Crippen molar-refractivity contribution in [2.75, 3.05) is 16.8 Å². The molecule has 0 saturated carbocycles. The Bertz CT molecular complexity index is 624. The Morgan fingerprint density at radius 1 is 1.10 bits per heavy atom. The minimum absolute atomic E-state index is 0.131. The van der Waals surface area contributed by atoms with Crippen molar-refractivity contribution in [3.63, 3.8) is 0 Å². The number of carbonyl (C=O) groups excluding carboxylic acids is 1. The van der Waals surface area contributed by atoms with Gasteiger partial charge in [0.2, 0.25) is 5.91 Å². The first-order valence-corrected chi connectivity index (χ1v) is 7.46. The zero-order valence-corrected chi connectivity index (χ0v) is 12.3. The standard InChI is InChI=1S/C18H20N2O/c1-14(19-16-10-3-2-4-11-16)18(21)20-13-7-9-15-8-5-6-12-17(15)20/h2-6,8,10-12,14,19H,7,9,13H2,1H3/t14-/m0/s1. The molecule has 3 rings (SSSR count). The lowest BCUT2D eigenvalue weighted by molar-refractivity contribution is -0.119. The average molecular weight is 280 g/mol. The highest BCUT2D eigenvalue weighted by Gasteiger charge is 2.25. The first-order chi connectivity index (χ1) is 10.3. The van der Waals surface area contributed by atoms with Gasteiger partial charge in [0, 0.05) is 17.9 Å². The lowest BCUT2D eigenvalue weighted by Gasteiger charge is -2.31. The van der Waals surface area contributed by atoms with E-state index in [1.807, 2.05) is 60.4 Å². The van der Waals surface area contributed by atoms with E-state index in [4.69, 9.17) is 0 Å². The lowest BCUT2D eigenvalue weighted by atomic mass is 10.0. The summed E-state index contributed by atoms with van der Waals surface area (Å²) < 4.78 is 0. The highest BCUT2D eigenvalue weighted by Crippen LogP contribution is 2.27. The fraction of sp³-hybridized carbons (Fsp3) is 0.278. The summed E-state index contributed by atoms with van der Waals surface area (Å²) in [5, 5.41) is 3.28. The minimum atomic E-state index is -0.237. The maximum absolute atomic E-state index is 12.7. The summed E-state index contributed by atoms with van der Waals surface area (Å²) in [6.45, 7) is 2.73. The Morgan fingerprint density at radius 3 is 2.62 bits per heavy atom. The van der Waals surface area contributed by atoms with Crippen LogP contribution in [0.4, 0.5) is 11.4 Å². The number of anilines is 2. The molecule has 0 radical (unpaired) electrons. The van der Waals surface area contributed by atoms with E-state index in [9.17, 15) is 4.79 Å². The van der Waals surface area contributed by atoms with Crippen LogP contribution < -0.4 is 10.2 Å². The van der Waals surface area contributed by atoms with Crippen LogP contribution in [0.25, 0.3) is 0 Å². The van der Waals surface area contributed by atoms with Gasteiger partial charge in [-0.2, -0.15) is 0 Å². The van der Waals surface area contributed by atoms with Crippen LogP contribution in [0.5, 0.6) is 0 Å². The Balaban J connectivity index is 1.77. The first-order valence-electron chi connectivity index (χ1n) is 7.46. The molecular weight excluding hydrogens is 260 g/mol. The van der Waals surface area contributed by atoms with Gasteiger partial charge < -0.3 is 10.2 Å². The number of amides is 1. The van der Waals surface area contributed by atoms with Crippen LogP contribution in [0, 0.1) is 0 Å². The van der Waals surface area contributed by atoms with E-state index in [1.54, 1.807) is 0 Å². The maximum Gasteiger partial charge on any atom is 0.249 e. The lowest BCUT2D eigenvalue weighted by Crippen LogP contribution is -2.44. The summed E-state index contributed by atoms with van der Waals surface area (Å²) >= 11 is 0.